The Morgan fingerprint density at radius 2 is 1.77 bits per heavy atom. The Morgan fingerprint density at radius 1 is 1.00 bits per heavy atom. The summed E-state index contributed by atoms with van der Waals surface area (Å²) in [6.45, 7) is 0. The molecule has 0 heterocycles. The maximum Gasteiger partial charge on any atom is 0.193 e. The summed E-state index contributed by atoms with van der Waals surface area (Å²) in [5.74, 6) is 1.47. The SMILES string of the molecule is COc1cc(/C=C/C=C2\Cc3ccc(OC)c(OC)c3C2=O)ccc1O. The zero-order valence-electron chi connectivity index (χ0n) is 14.9. The molecule has 0 amide bonds. The lowest BCUT2D eigenvalue weighted by Gasteiger charge is -2.10. The number of allylic oxidation sites excluding steroid dienone is 3. The van der Waals surface area contributed by atoms with E-state index in [0.29, 0.717) is 34.8 Å². The van der Waals surface area contributed by atoms with E-state index in [2.05, 4.69) is 0 Å². The normalized spacial score (nSPS) is 14.7. The number of ketones is 1. The van der Waals surface area contributed by atoms with Gasteiger partial charge in [0.15, 0.2) is 28.8 Å². The predicted octanol–water partition coefficient (Wildman–Crippen LogP) is 3.80. The highest BCUT2D eigenvalue weighted by Crippen LogP contribution is 2.39. The van der Waals surface area contributed by atoms with Crippen molar-refractivity contribution in [3.63, 3.8) is 0 Å². The van der Waals surface area contributed by atoms with Gasteiger partial charge in [0.05, 0.1) is 26.9 Å². The molecule has 134 valence electrons. The molecule has 1 aliphatic carbocycles. The zero-order valence-corrected chi connectivity index (χ0v) is 14.9. The predicted molar refractivity (Wildman–Crippen MR) is 99.4 cm³/mol. The summed E-state index contributed by atoms with van der Waals surface area (Å²) in [6, 6.07) is 8.77. The molecule has 0 atom stereocenters. The Hall–Kier alpha value is -3.21. The number of aromatic hydroxyl groups is 1. The van der Waals surface area contributed by atoms with Crippen molar-refractivity contribution in [3.8, 4) is 23.0 Å². The molecular weight excluding hydrogens is 332 g/mol. The average Bonchev–Trinajstić information content (AvgIpc) is 2.98. The summed E-state index contributed by atoms with van der Waals surface area (Å²) in [7, 11) is 4.58. The van der Waals surface area contributed by atoms with Crippen LogP contribution in [0.25, 0.3) is 6.08 Å². The molecule has 0 unspecified atom stereocenters. The fraction of sp³-hybridized carbons (Fsp3) is 0.190. The number of hydrogen-bond donors (Lipinski definition) is 1. The second kappa shape index (κ2) is 7.35. The smallest absolute Gasteiger partial charge is 0.193 e. The summed E-state index contributed by atoms with van der Waals surface area (Å²) in [5, 5.41) is 9.63. The van der Waals surface area contributed by atoms with Gasteiger partial charge in [0.25, 0.3) is 0 Å². The second-order valence-corrected chi connectivity index (χ2v) is 5.82. The summed E-state index contributed by atoms with van der Waals surface area (Å²) in [5.41, 5.74) is 3.05. The van der Waals surface area contributed by atoms with E-state index in [1.165, 1.54) is 14.2 Å². The van der Waals surface area contributed by atoms with Gasteiger partial charge >= 0.3 is 0 Å². The van der Waals surface area contributed by atoms with E-state index in [0.717, 1.165) is 11.1 Å². The van der Waals surface area contributed by atoms with Crippen LogP contribution in [-0.4, -0.2) is 32.2 Å². The monoisotopic (exact) mass is 352 g/mol. The topological polar surface area (TPSA) is 65.0 Å². The van der Waals surface area contributed by atoms with Crippen molar-refractivity contribution in [2.24, 2.45) is 0 Å². The number of Topliss-reactive ketones (excluding diaryl/α,β-unsaturated/α-hetero) is 1. The summed E-state index contributed by atoms with van der Waals surface area (Å²) < 4.78 is 15.7. The van der Waals surface area contributed by atoms with Crippen LogP contribution in [0.15, 0.2) is 48.1 Å². The van der Waals surface area contributed by atoms with Crippen LogP contribution in [0.2, 0.25) is 0 Å². The van der Waals surface area contributed by atoms with Crippen molar-refractivity contribution in [3.05, 3.63) is 64.7 Å². The van der Waals surface area contributed by atoms with E-state index in [-0.39, 0.29) is 11.5 Å². The number of methoxy groups -OCH3 is 3. The maximum atomic E-state index is 12.7. The van der Waals surface area contributed by atoms with Crippen molar-refractivity contribution in [1.82, 2.24) is 0 Å². The quantitative estimate of drug-likeness (QED) is 0.829. The third-order valence-corrected chi connectivity index (χ3v) is 4.32. The molecule has 26 heavy (non-hydrogen) atoms. The van der Waals surface area contributed by atoms with Gasteiger partial charge in [0, 0.05) is 12.0 Å². The number of hydrogen-bond acceptors (Lipinski definition) is 5. The number of benzene rings is 2. The molecule has 0 fully saturated rings. The first-order valence-corrected chi connectivity index (χ1v) is 8.11. The van der Waals surface area contributed by atoms with E-state index in [1.807, 2.05) is 24.3 Å². The molecule has 0 radical (unpaired) electrons. The van der Waals surface area contributed by atoms with E-state index >= 15 is 0 Å². The third-order valence-electron chi connectivity index (χ3n) is 4.32. The average molecular weight is 352 g/mol. The molecule has 1 N–H and O–H groups in total. The first kappa shape index (κ1) is 17.6. The van der Waals surface area contributed by atoms with Gasteiger partial charge in [-0.2, -0.15) is 0 Å². The van der Waals surface area contributed by atoms with Crippen LogP contribution >= 0.6 is 0 Å². The Kier molecular flexibility index (Phi) is 4.98. The van der Waals surface area contributed by atoms with Crippen LogP contribution in [0.3, 0.4) is 0 Å². The molecule has 3 rings (SSSR count). The first-order valence-electron chi connectivity index (χ1n) is 8.11. The second-order valence-electron chi connectivity index (χ2n) is 5.82. The molecule has 0 spiro atoms. The van der Waals surface area contributed by atoms with Crippen molar-refractivity contribution in [2.75, 3.05) is 21.3 Å². The fourth-order valence-corrected chi connectivity index (χ4v) is 3.02. The lowest BCUT2D eigenvalue weighted by molar-refractivity contribution is 0.103. The van der Waals surface area contributed by atoms with Gasteiger partial charge in [-0.1, -0.05) is 30.4 Å². The van der Waals surface area contributed by atoms with Crippen molar-refractivity contribution < 1.29 is 24.1 Å². The third kappa shape index (κ3) is 3.16. The zero-order chi connectivity index (χ0) is 18.7. The van der Waals surface area contributed by atoms with Gasteiger partial charge in [-0.3, -0.25) is 4.79 Å². The van der Waals surface area contributed by atoms with Crippen LogP contribution in [0.5, 0.6) is 23.0 Å². The van der Waals surface area contributed by atoms with Crippen LogP contribution in [0.1, 0.15) is 21.5 Å². The number of carbonyl (C=O) groups excluding carboxylic acids is 1. The lowest BCUT2D eigenvalue weighted by atomic mass is 10.1. The van der Waals surface area contributed by atoms with Crippen LogP contribution < -0.4 is 14.2 Å². The molecular formula is C21H20O5. The van der Waals surface area contributed by atoms with Crippen LogP contribution in [-0.2, 0) is 6.42 Å². The van der Waals surface area contributed by atoms with Crippen LogP contribution in [0, 0.1) is 0 Å². The lowest BCUT2D eigenvalue weighted by Crippen LogP contribution is -2.01. The van der Waals surface area contributed by atoms with Crippen molar-refractivity contribution in [2.45, 2.75) is 6.42 Å². The van der Waals surface area contributed by atoms with Gasteiger partial charge < -0.3 is 19.3 Å². The standard InChI is InChI=1S/C21H20O5/c1-24-17-10-8-14-12-15(20(23)19(14)21(17)26-3)6-4-5-13-7-9-16(22)18(11-13)25-2/h4-11,22H,12H2,1-3H3/b5-4+,15-6+. The number of carbonyl (C=O) groups is 1. The molecule has 0 saturated carbocycles. The first-order chi connectivity index (χ1) is 12.6. The Labute approximate surface area is 152 Å². The van der Waals surface area contributed by atoms with Gasteiger partial charge in [0.2, 0.25) is 0 Å². The van der Waals surface area contributed by atoms with E-state index in [9.17, 15) is 9.90 Å². The number of ether oxygens (including phenoxy) is 3. The minimum atomic E-state index is -0.0521. The highest BCUT2D eigenvalue weighted by molar-refractivity contribution is 6.15. The van der Waals surface area contributed by atoms with Gasteiger partial charge in [-0.15, -0.1) is 0 Å². The molecule has 5 heteroatoms. The van der Waals surface area contributed by atoms with Crippen molar-refractivity contribution >= 4 is 11.9 Å². The van der Waals surface area contributed by atoms with Gasteiger partial charge in [-0.05, 0) is 29.3 Å². The Bertz CT molecular complexity index is 909. The summed E-state index contributed by atoms with van der Waals surface area (Å²) >= 11 is 0. The van der Waals surface area contributed by atoms with E-state index in [4.69, 9.17) is 14.2 Å². The minimum Gasteiger partial charge on any atom is -0.504 e. The summed E-state index contributed by atoms with van der Waals surface area (Å²) in [4.78, 5) is 12.7. The number of phenols is 1. The van der Waals surface area contributed by atoms with Crippen molar-refractivity contribution in [1.29, 1.82) is 0 Å². The molecule has 0 aliphatic heterocycles. The molecule has 2 aromatic carbocycles. The molecule has 5 nitrogen and oxygen atoms in total. The molecule has 0 aromatic heterocycles. The molecule has 0 saturated heterocycles. The maximum absolute atomic E-state index is 12.7. The highest BCUT2D eigenvalue weighted by Gasteiger charge is 2.30. The number of phenolic OH excluding ortho intramolecular Hbond substituents is 1. The number of fused-ring (bicyclic) bond motifs is 1. The summed E-state index contributed by atoms with van der Waals surface area (Å²) in [6.07, 6.45) is 6.02. The molecule has 0 bridgehead atoms. The highest BCUT2D eigenvalue weighted by atomic mass is 16.5. The van der Waals surface area contributed by atoms with E-state index < -0.39 is 0 Å². The van der Waals surface area contributed by atoms with Crippen LogP contribution in [0.4, 0.5) is 0 Å². The van der Waals surface area contributed by atoms with Gasteiger partial charge in [0.1, 0.15) is 0 Å². The Balaban J connectivity index is 1.86. The number of rotatable bonds is 5. The molecule has 2 aromatic rings. The minimum absolute atomic E-state index is 0.0521. The van der Waals surface area contributed by atoms with Gasteiger partial charge in [-0.25, -0.2) is 0 Å². The van der Waals surface area contributed by atoms with E-state index in [1.54, 1.807) is 31.4 Å². The molecule has 1 aliphatic rings. The largest absolute Gasteiger partial charge is 0.504 e. The fourth-order valence-electron chi connectivity index (χ4n) is 3.02. The Morgan fingerprint density at radius 3 is 2.46 bits per heavy atom.